The number of anilines is 1. The minimum absolute atomic E-state index is 0.255. The highest BCUT2D eigenvalue weighted by molar-refractivity contribution is 7.94. The molecule has 0 bridgehead atoms. The molecule has 0 aliphatic heterocycles. The second-order valence-corrected chi connectivity index (χ2v) is 10.1. The summed E-state index contributed by atoms with van der Waals surface area (Å²) >= 11 is 2.52. The number of thiazole rings is 1. The van der Waals surface area contributed by atoms with E-state index in [1.165, 1.54) is 28.7 Å². The maximum Gasteiger partial charge on any atom is 0.271 e. The van der Waals surface area contributed by atoms with E-state index in [2.05, 4.69) is 9.71 Å². The number of hydrogen-bond donors (Lipinski definition) is 1. The number of para-hydroxylation sites is 1. The second kappa shape index (κ2) is 7.46. The van der Waals surface area contributed by atoms with Crippen molar-refractivity contribution in [2.45, 2.75) is 11.1 Å². The molecule has 0 fully saturated rings. The fourth-order valence-electron chi connectivity index (χ4n) is 2.70. The summed E-state index contributed by atoms with van der Waals surface area (Å²) in [5, 5.41) is 2.34. The predicted octanol–water partition coefficient (Wildman–Crippen LogP) is 5.79. The molecule has 0 spiro atoms. The van der Waals surface area contributed by atoms with Gasteiger partial charge in [-0.1, -0.05) is 30.3 Å². The van der Waals surface area contributed by atoms with Crippen LogP contribution in [0.2, 0.25) is 0 Å². The number of aromatic nitrogens is 1. The van der Waals surface area contributed by atoms with Crippen LogP contribution in [0.25, 0.3) is 21.8 Å². The van der Waals surface area contributed by atoms with Gasteiger partial charge in [0, 0.05) is 21.4 Å². The van der Waals surface area contributed by atoms with Crippen molar-refractivity contribution >= 4 is 38.4 Å². The van der Waals surface area contributed by atoms with Crippen molar-refractivity contribution < 1.29 is 12.8 Å². The van der Waals surface area contributed by atoms with Gasteiger partial charge in [0.15, 0.2) is 0 Å². The Morgan fingerprint density at radius 1 is 0.964 bits per heavy atom. The molecule has 0 saturated heterocycles. The lowest BCUT2D eigenvalue weighted by atomic mass is 10.1. The Morgan fingerprint density at radius 2 is 1.68 bits per heavy atom. The van der Waals surface area contributed by atoms with E-state index in [4.69, 9.17) is 0 Å². The van der Waals surface area contributed by atoms with Gasteiger partial charge in [-0.3, -0.25) is 4.72 Å². The Morgan fingerprint density at radius 3 is 2.39 bits per heavy atom. The molecule has 0 saturated carbocycles. The summed E-state index contributed by atoms with van der Waals surface area (Å²) in [6.45, 7) is 1.86. The van der Waals surface area contributed by atoms with E-state index in [0.29, 0.717) is 27.5 Å². The average molecular weight is 431 g/mol. The zero-order valence-electron chi connectivity index (χ0n) is 14.7. The Balaban J connectivity index is 1.70. The van der Waals surface area contributed by atoms with E-state index in [9.17, 15) is 12.8 Å². The van der Waals surface area contributed by atoms with Crippen LogP contribution in [-0.4, -0.2) is 13.4 Å². The smallest absolute Gasteiger partial charge is 0.271 e. The van der Waals surface area contributed by atoms with Crippen molar-refractivity contribution in [3.63, 3.8) is 0 Å². The van der Waals surface area contributed by atoms with Gasteiger partial charge in [0.05, 0.1) is 11.4 Å². The van der Waals surface area contributed by atoms with Crippen molar-refractivity contribution in [1.29, 1.82) is 0 Å². The van der Waals surface area contributed by atoms with Gasteiger partial charge in [-0.2, -0.15) is 0 Å². The highest BCUT2D eigenvalue weighted by Gasteiger charge is 2.19. The van der Waals surface area contributed by atoms with Gasteiger partial charge in [0.1, 0.15) is 15.0 Å². The normalized spacial score (nSPS) is 11.5. The molecule has 0 aliphatic carbocycles. The summed E-state index contributed by atoms with van der Waals surface area (Å²) in [6.07, 6.45) is 0. The summed E-state index contributed by atoms with van der Waals surface area (Å²) in [7, 11) is -3.69. The molecule has 142 valence electrons. The molecule has 4 nitrogen and oxygen atoms in total. The zero-order valence-corrected chi connectivity index (χ0v) is 17.2. The topological polar surface area (TPSA) is 59.1 Å². The molecule has 2 heterocycles. The molecule has 0 aliphatic rings. The van der Waals surface area contributed by atoms with Crippen LogP contribution in [0.4, 0.5) is 10.1 Å². The number of benzene rings is 2. The third-order valence-corrected chi connectivity index (χ3v) is 7.77. The van der Waals surface area contributed by atoms with Crippen LogP contribution in [0.3, 0.4) is 0 Å². The molecule has 8 heteroatoms. The first-order chi connectivity index (χ1) is 13.4. The number of nitrogens with one attached hydrogen (secondary N) is 1. The highest BCUT2D eigenvalue weighted by Crippen LogP contribution is 2.35. The third kappa shape index (κ3) is 3.71. The maximum absolute atomic E-state index is 14.1. The average Bonchev–Trinajstić information content (AvgIpc) is 3.32. The lowest BCUT2D eigenvalue weighted by molar-refractivity contribution is 0.603. The summed E-state index contributed by atoms with van der Waals surface area (Å²) in [4.78, 5) is 5.44. The van der Waals surface area contributed by atoms with Gasteiger partial charge >= 0.3 is 0 Å². The van der Waals surface area contributed by atoms with Gasteiger partial charge in [0.2, 0.25) is 0 Å². The lowest BCUT2D eigenvalue weighted by Gasteiger charge is -2.10. The summed E-state index contributed by atoms with van der Waals surface area (Å²) in [6, 6.07) is 16.8. The first-order valence-corrected chi connectivity index (χ1v) is 11.5. The molecule has 1 N–H and O–H groups in total. The Bertz CT molecular complexity index is 1250. The van der Waals surface area contributed by atoms with E-state index in [1.807, 2.05) is 13.0 Å². The lowest BCUT2D eigenvalue weighted by Crippen LogP contribution is -2.12. The number of sulfonamides is 1. The van der Waals surface area contributed by atoms with E-state index >= 15 is 0 Å². The van der Waals surface area contributed by atoms with Crippen molar-refractivity contribution in [1.82, 2.24) is 4.98 Å². The predicted molar refractivity (Wildman–Crippen MR) is 113 cm³/mol. The number of aryl methyl sites for hydroxylation is 1. The molecule has 0 atom stereocenters. The first kappa shape index (κ1) is 18.8. The molecular weight excluding hydrogens is 415 g/mol. The van der Waals surface area contributed by atoms with E-state index in [-0.39, 0.29) is 10.0 Å². The molecule has 28 heavy (non-hydrogen) atoms. The van der Waals surface area contributed by atoms with Crippen molar-refractivity contribution in [2.24, 2.45) is 0 Å². The summed E-state index contributed by atoms with van der Waals surface area (Å²) in [5.41, 5.74) is 2.08. The highest BCUT2D eigenvalue weighted by atomic mass is 32.2. The van der Waals surface area contributed by atoms with Crippen molar-refractivity contribution in [3.05, 3.63) is 76.7 Å². The standard InChI is InChI=1S/C20H15FN2O2S3/c1-13-10-11-19(27-13)28(24,25)23-17-9-5-3-7-15(17)18-12-26-20(22-18)14-6-2-4-8-16(14)21/h2-12,23H,1H3. The van der Waals surface area contributed by atoms with Crippen molar-refractivity contribution in [3.8, 4) is 21.8 Å². The number of rotatable bonds is 5. The molecule has 0 amide bonds. The quantitative estimate of drug-likeness (QED) is 0.436. The van der Waals surface area contributed by atoms with Gasteiger partial charge in [-0.05, 0) is 37.3 Å². The Labute approximate surface area is 170 Å². The zero-order chi connectivity index (χ0) is 19.7. The van der Waals surface area contributed by atoms with Gasteiger partial charge < -0.3 is 0 Å². The fourth-order valence-corrected chi connectivity index (χ4v) is 5.91. The van der Waals surface area contributed by atoms with Crippen LogP contribution in [0.5, 0.6) is 0 Å². The van der Waals surface area contributed by atoms with Crippen LogP contribution >= 0.6 is 22.7 Å². The van der Waals surface area contributed by atoms with Crippen LogP contribution in [-0.2, 0) is 10.0 Å². The minimum Gasteiger partial charge on any atom is -0.278 e. The maximum atomic E-state index is 14.1. The van der Waals surface area contributed by atoms with Crippen LogP contribution in [0, 0.1) is 12.7 Å². The summed E-state index contributed by atoms with van der Waals surface area (Å²) in [5.74, 6) is -0.342. The molecular formula is C20H15FN2O2S3. The molecule has 0 unspecified atom stereocenters. The van der Waals surface area contributed by atoms with Gasteiger partial charge in [-0.25, -0.2) is 17.8 Å². The van der Waals surface area contributed by atoms with Crippen LogP contribution in [0.1, 0.15) is 4.88 Å². The number of halogens is 1. The van der Waals surface area contributed by atoms with E-state index in [0.717, 1.165) is 4.88 Å². The van der Waals surface area contributed by atoms with Gasteiger partial charge in [0.25, 0.3) is 10.0 Å². The molecule has 2 aromatic heterocycles. The third-order valence-electron chi connectivity index (χ3n) is 4.04. The van der Waals surface area contributed by atoms with Gasteiger partial charge in [-0.15, -0.1) is 22.7 Å². The number of hydrogen-bond acceptors (Lipinski definition) is 5. The molecule has 4 rings (SSSR count). The molecule has 4 aromatic rings. The molecule has 2 aromatic carbocycles. The van der Waals surface area contributed by atoms with E-state index in [1.54, 1.807) is 53.9 Å². The molecule has 0 radical (unpaired) electrons. The SMILES string of the molecule is Cc1ccc(S(=O)(=O)Nc2ccccc2-c2csc(-c3ccccc3F)n2)s1. The number of nitrogens with zero attached hydrogens (tertiary/aromatic N) is 1. The van der Waals surface area contributed by atoms with E-state index < -0.39 is 10.0 Å². The second-order valence-electron chi connectivity index (χ2n) is 6.03. The Kier molecular flexibility index (Phi) is 5.01. The van der Waals surface area contributed by atoms with Crippen molar-refractivity contribution in [2.75, 3.05) is 4.72 Å². The first-order valence-electron chi connectivity index (χ1n) is 8.33. The minimum atomic E-state index is -3.69. The summed E-state index contributed by atoms with van der Waals surface area (Å²) < 4.78 is 42.4. The number of thiophene rings is 1. The Hall–Kier alpha value is -2.55. The monoisotopic (exact) mass is 430 g/mol. The van der Waals surface area contributed by atoms with Crippen LogP contribution in [0.15, 0.2) is 70.3 Å². The largest absolute Gasteiger partial charge is 0.278 e. The van der Waals surface area contributed by atoms with Crippen LogP contribution < -0.4 is 4.72 Å². The fraction of sp³-hybridized carbons (Fsp3) is 0.0500.